The minimum Gasteiger partial charge on any atom is -0.293 e. The lowest BCUT2D eigenvalue weighted by Gasteiger charge is -2.33. The molecule has 1 atom stereocenters. The molecule has 0 saturated carbocycles. The van der Waals surface area contributed by atoms with Crippen LogP contribution in [0.25, 0.3) is 22.2 Å². The molecule has 0 amide bonds. The van der Waals surface area contributed by atoms with Gasteiger partial charge in [-0.2, -0.15) is 0 Å². The quantitative estimate of drug-likeness (QED) is 0.682. The first kappa shape index (κ1) is 15.0. The second kappa shape index (κ2) is 5.23. The van der Waals surface area contributed by atoms with Crippen molar-refractivity contribution in [3.05, 3.63) is 58.8 Å². The van der Waals surface area contributed by atoms with Crippen LogP contribution in [0.15, 0.2) is 47.4 Å². The summed E-state index contributed by atoms with van der Waals surface area (Å²) in [4.78, 5) is 21.6. The SMILES string of the molecule is CC1(C)CC(F)c2nc3cc(-c4ccccn4)ccc3c(=O)n2C1. The Labute approximate surface area is 139 Å². The third-order valence-electron chi connectivity index (χ3n) is 4.54. The Hall–Kier alpha value is -2.56. The minimum atomic E-state index is -1.22. The van der Waals surface area contributed by atoms with E-state index in [9.17, 15) is 9.18 Å². The largest absolute Gasteiger partial charge is 0.293 e. The fourth-order valence-electron chi connectivity index (χ4n) is 3.39. The minimum absolute atomic E-state index is 0.169. The zero-order valence-electron chi connectivity index (χ0n) is 13.7. The lowest BCUT2D eigenvalue weighted by Crippen LogP contribution is -2.37. The zero-order chi connectivity index (χ0) is 16.9. The van der Waals surface area contributed by atoms with Gasteiger partial charge in [0.1, 0.15) is 5.82 Å². The summed E-state index contributed by atoms with van der Waals surface area (Å²) >= 11 is 0. The number of halogens is 1. The number of pyridine rings is 1. The molecule has 1 aliphatic rings. The number of hydrogen-bond donors (Lipinski definition) is 0. The lowest BCUT2D eigenvalue weighted by molar-refractivity contribution is 0.137. The maximum atomic E-state index is 14.6. The van der Waals surface area contributed by atoms with Crippen LogP contribution in [0.3, 0.4) is 0 Å². The van der Waals surface area contributed by atoms with Crippen molar-refractivity contribution in [3.8, 4) is 11.3 Å². The van der Waals surface area contributed by atoms with Gasteiger partial charge in [0.2, 0.25) is 0 Å². The number of benzene rings is 1. The van der Waals surface area contributed by atoms with Crippen LogP contribution < -0.4 is 5.56 Å². The van der Waals surface area contributed by atoms with Gasteiger partial charge in [-0.3, -0.25) is 14.3 Å². The standard InChI is InChI=1S/C19H18FN3O/c1-19(2)10-14(20)17-22-16-9-12(15-5-3-4-8-21-15)6-7-13(16)18(24)23(17)11-19/h3-9,14H,10-11H2,1-2H3. The fraction of sp³-hybridized carbons (Fsp3) is 0.316. The van der Waals surface area contributed by atoms with Gasteiger partial charge < -0.3 is 0 Å². The summed E-state index contributed by atoms with van der Waals surface area (Å²) in [6.07, 6.45) is 0.878. The van der Waals surface area contributed by atoms with E-state index in [-0.39, 0.29) is 16.8 Å². The molecule has 3 heterocycles. The van der Waals surface area contributed by atoms with Gasteiger partial charge in [-0.1, -0.05) is 26.0 Å². The molecule has 122 valence electrons. The van der Waals surface area contributed by atoms with Crippen molar-refractivity contribution >= 4 is 10.9 Å². The maximum absolute atomic E-state index is 14.6. The summed E-state index contributed by atoms with van der Waals surface area (Å²) in [6, 6.07) is 11.1. The third-order valence-corrected chi connectivity index (χ3v) is 4.54. The van der Waals surface area contributed by atoms with Crippen molar-refractivity contribution < 1.29 is 4.39 Å². The predicted octanol–water partition coefficient (Wildman–Crippen LogP) is 3.90. The maximum Gasteiger partial charge on any atom is 0.261 e. The molecule has 3 aromatic rings. The average Bonchev–Trinajstić information content (AvgIpc) is 2.56. The van der Waals surface area contributed by atoms with Crippen LogP contribution in [-0.4, -0.2) is 14.5 Å². The van der Waals surface area contributed by atoms with Crippen molar-refractivity contribution in [2.75, 3.05) is 0 Å². The highest BCUT2D eigenvalue weighted by Crippen LogP contribution is 2.38. The van der Waals surface area contributed by atoms with E-state index >= 15 is 0 Å². The van der Waals surface area contributed by atoms with Crippen molar-refractivity contribution in [1.82, 2.24) is 14.5 Å². The van der Waals surface area contributed by atoms with Crippen LogP contribution in [0.5, 0.6) is 0 Å². The monoisotopic (exact) mass is 323 g/mol. The Morgan fingerprint density at radius 3 is 2.83 bits per heavy atom. The zero-order valence-corrected chi connectivity index (χ0v) is 13.7. The van der Waals surface area contributed by atoms with E-state index in [4.69, 9.17) is 0 Å². The number of nitrogens with zero attached hydrogens (tertiary/aromatic N) is 3. The van der Waals surface area contributed by atoms with Gasteiger partial charge in [0.15, 0.2) is 6.17 Å². The molecule has 0 saturated heterocycles. The predicted molar refractivity (Wildman–Crippen MR) is 91.5 cm³/mol. The third kappa shape index (κ3) is 2.40. The Morgan fingerprint density at radius 2 is 2.08 bits per heavy atom. The molecular formula is C19H18FN3O. The summed E-state index contributed by atoms with van der Waals surface area (Å²) in [6.45, 7) is 4.44. The van der Waals surface area contributed by atoms with Crippen LogP contribution in [0.4, 0.5) is 4.39 Å². The van der Waals surface area contributed by atoms with Crippen LogP contribution in [0, 0.1) is 5.41 Å². The fourth-order valence-corrected chi connectivity index (χ4v) is 3.39. The van der Waals surface area contributed by atoms with E-state index in [2.05, 4.69) is 9.97 Å². The van der Waals surface area contributed by atoms with E-state index in [1.54, 1.807) is 12.3 Å². The first-order chi connectivity index (χ1) is 11.4. The highest BCUT2D eigenvalue weighted by atomic mass is 19.1. The first-order valence-corrected chi connectivity index (χ1v) is 8.05. The molecule has 4 rings (SSSR count). The summed E-state index contributed by atoms with van der Waals surface area (Å²) in [5.41, 5.74) is 1.78. The van der Waals surface area contributed by atoms with Crippen molar-refractivity contribution in [2.24, 2.45) is 5.41 Å². The van der Waals surface area contributed by atoms with Crippen molar-refractivity contribution in [2.45, 2.75) is 33.0 Å². The normalized spacial score (nSPS) is 19.2. The van der Waals surface area contributed by atoms with Gasteiger partial charge in [0, 0.05) is 18.3 Å². The number of rotatable bonds is 1. The number of hydrogen-bond acceptors (Lipinski definition) is 3. The van der Waals surface area contributed by atoms with Gasteiger partial charge in [0.05, 0.1) is 16.6 Å². The van der Waals surface area contributed by atoms with E-state index in [1.807, 2.05) is 44.2 Å². The van der Waals surface area contributed by atoms with E-state index in [0.717, 1.165) is 11.3 Å². The van der Waals surface area contributed by atoms with Gasteiger partial charge in [-0.15, -0.1) is 0 Å². The van der Waals surface area contributed by atoms with Crippen LogP contribution >= 0.6 is 0 Å². The van der Waals surface area contributed by atoms with E-state index < -0.39 is 6.17 Å². The average molecular weight is 323 g/mol. The molecular weight excluding hydrogens is 305 g/mol. The molecule has 5 heteroatoms. The Kier molecular flexibility index (Phi) is 3.27. The Morgan fingerprint density at radius 1 is 1.25 bits per heavy atom. The van der Waals surface area contributed by atoms with E-state index in [1.165, 1.54) is 4.57 Å². The first-order valence-electron chi connectivity index (χ1n) is 8.05. The second-order valence-corrected chi connectivity index (χ2v) is 7.14. The molecule has 4 nitrogen and oxygen atoms in total. The van der Waals surface area contributed by atoms with Crippen molar-refractivity contribution in [3.63, 3.8) is 0 Å². The number of aromatic nitrogens is 3. The molecule has 1 unspecified atom stereocenters. The van der Waals surface area contributed by atoms with E-state index in [0.29, 0.717) is 23.9 Å². The van der Waals surface area contributed by atoms with Gasteiger partial charge in [-0.05, 0) is 36.1 Å². The molecule has 24 heavy (non-hydrogen) atoms. The highest BCUT2D eigenvalue weighted by Gasteiger charge is 2.34. The summed E-state index contributed by atoms with van der Waals surface area (Å²) in [7, 11) is 0. The van der Waals surface area contributed by atoms with Crippen LogP contribution in [0.1, 0.15) is 32.3 Å². The summed E-state index contributed by atoms with van der Waals surface area (Å²) in [5, 5.41) is 0.517. The van der Waals surface area contributed by atoms with Gasteiger partial charge >= 0.3 is 0 Å². The number of fused-ring (bicyclic) bond motifs is 2. The molecule has 1 aliphatic heterocycles. The number of alkyl halides is 1. The molecule has 0 spiro atoms. The second-order valence-electron chi connectivity index (χ2n) is 7.14. The molecule has 2 aromatic heterocycles. The lowest BCUT2D eigenvalue weighted by atomic mass is 9.84. The molecule has 1 aromatic carbocycles. The molecule has 0 aliphatic carbocycles. The summed E-state index contributed by atoms with van der Waals surface area (Å²) < 4.78 is 16.1. The smallest absolute Gasteiger partial charge is 0.261 e. The van der Waals surface area contributed by atoms with Crippen LogP contribution in [-0.2, 0) is 6.54 Å². The molecule has 0 radical (unpaired) electrons. The van der Waals surface area contributed by atoms with Crippen molar-refractivity contribution in [1.29, 1.82) is 0 Å². The van der Waals surface area contributed by atoms with Gasteiger partial charge in [0.25, 0.3) is 5.56 Å². The van der Waals surface area contributed by atoms with Gasteiger partial charge in [-0.25, -0.2) is 9.37 Å². The molecule has 0 bridgehead atoms. The Bertz CT molecular complexity index is 979. The summed E-state index contributed by atoms with van der Waals surface area (Å²) in [5.74, 6) is 0.241. The van der Waals surface area contributed by atoms with Crippen LogP contribution in [0.2, 0.25) is 0 Å². The molecule has 0 fully saturated rings. The topological polar surface area (TPSA) is 47.8 Å². The molecule has 0 N–H and O–H groups in total. The Balaban J connectivity index is 1.93. The highest BCUT2D eigenvalue weighted by molar-refractivity contribution is 5.83.